The number of esters is 1. The maximum absolute atomic E-state index is 12.4. The Bertz CT molecular complexity index is 917. The molecule has 0 aliphatic rings. The summed E-state index contributed by atoms with van der Waals surface area (Å²) in [5, 5.41) is 8.67. The number of unbranched alkanes of at least 4 members (excludes halogenated alkanes) is 1. The highest BCUT2D eigenvalue weighted by Gasteiger charge is 2.18. The second-order valence-corrected chi connectivity index (χ2v) is 6.08. The van der Waals surface area contributed by atoms with Gasteiger partial charge in [0.25, 0.3) is 0 Å². The normalized spacial score (nSPS) is 10.9. The first-order valence-electron chi connectivity index (χ1n) is 9.01. The average molecular weight is 352 g/mol. The van der Waals surface area contributed by atoms with Gasteiger partial charge in [-0.05, 0) is 56.2 Å². The topological polar surface area (TPSA) is 69.0 Å². The van der Waals surface area contributed by atoms with Crippen LogP contribution in [0.25, 0.3) is 16.6 Å². The number of nitrogens with one attached hydrogen (secondary N) is 1. The van der Waals surface area contributed by atoms with Crippen molar-refractivity contribution in [2.24, 2.45) is 0 Å². The Balaban J connectivity index is 2.04. The minimum absolute atomic E-state index is 0.336. The number of pyridine rings is 1. The van der Waals surface area contributed by atoms with Gasteiger partial charge in [0.15, 0.2) is 5.69 Å². The summed E-state index contributed by atoms with van der Waals surface area (Å²) in [5.74, 6) is 0.463. The number of ether oxygens (including phenoxy) is 1. The van der Waals surface area contributed by atoms with Gasteiger partial charge >= 0.3 is 5.97 Å². The smallest absolute Gasteiger partial charge is 0.357 e. The summed E-state index contributed by atoms with van der Waals surface area (Å²) in [4.78, 5) is 16.9. The average Bonchev–Trinajstić information content (AvgIpc) is 3.10. The predicted octanol–water partition coefficient (Wildman–Crippen LogP) is 3.98. The summed E-state index contributed by atoms with van der Waals surface area (Å²) in [6.07, 6.45) is 2.96. The van der Waals surface area contributed by atoms with Crippen molar-refractivity contribution in [2.75, 3.05) is 19.0 Å². The fourth-order valence-electron chi connectivity index (χ4n) is 2.84. The highest BCUT2D eigenvalue weighted by atomic mass is 16.5. The largest absolute Gasteiger partial charge is 0.461 e. The summed E-state index contributed by atoms with van der Waals surface area (Å²) in [5.41, 5.74) is 3.06. The number of aromatic nitrogens is 3. The van der Waals surface area contributed by atoms with Gasteiger partial charge in [0.2, 0.25) is 0 Å². The van der Waals surface area contributed by atoms with Crippen LogP contribution in [-0.4, -0.2) is 34.4 Å². The molecule has 0 fully saturated rings. The number of anilines is 1. The predicted molar refractivity (Wildman–Crippen MR) is 103 cm³/mol. The van der Waals surface area contributed by atoms with Gasteiger partial charge in [0.05, 0.1) is 23.5 Å². The fraction of sp³-hybridized carbons (Fsp3) is 0.350. The molecule has 1 N–H and O–H groups in total. The van der Waals surface area contributed by atoms with Crippen LogP contribution in [-0.2, 0) is 11.2 Å². The first-order valence-corrected chi connectivity index (χ1v) is 9.01. The van der Waals surface area contributed by atoms with E-state index in [0.717, 1.165) is 47.4 Å². The highest BCUT2D eigenvalue weighted by molar-refractivity contribution is 5.89. The first kappa shape index (κ1) is 17.9. The van der Waals surface area contributed by atoms with Crippen molar-refractivity contribution < 1.29 is 9.53 Å². The van der Waals surface area contributed by atoms with Gasteiger partial charge in [0, 0.05) is 12.4 Å². The van der Waals surface area contributed by atoms with Crippen LogP contribution in [0.4, 0.5) is 5.82 Å². The zero-order valence-electron chi connectivity index (χ0n) is 15.5. The van der Waals surface area contributed by atoms with Gasteiger partial charge in [0.1, 0.15) is 5.82 Å². The van der Waals surface area contributed by atoms with E-state index in [9.17, 15) is 4.79 Å². The molecule has 0 unspecified atom stereocenters. The van der Waals surface area contributed by atoms with Crippen molar-refractivity contribution >= 4 is 22.7 Å². The molecular formula is C20H24N4O2. The molecule has 6 heteroatoms. The van der Waals surface area contributed by atoms with Gasteiger partial charge < -0.3 is 10.1 Å². The number of fused-ring (bicyclic) bond motifs is 1. The molecule has 26 heavy (non-hydrogen) atoms. The lowest BCUT2D eigenvalue weighted by Gasteiger charge is -2.08. The van der Waals surface area contributed by atoms with Crippen LogP contribution < -0.4 is 5.32 Å². The second kappa shape index (κ2) is 7.99. The Morgan fingerprint density at radius 1 is 1.19 bits per heavy atom. The lowest BCUT2D eigenvalue weighted by atomic mass is 10.2. The number of carbonyl (C=O) groups excluding carboxylic acids is 1. The van der Waals surface area contributed by atoms with E-state index in [4.69, 9.17) is 4.74 Å². The van der Waals surface area contributed by atoms with Crippen molar-refractivity contribution in [1.82, 2.24) is 14.8 Å². The number of nitrogens with zero attached hydrogens (tertiary/aromatic N) is 3. The van der Waals surface area contributed by atoms with Crippen molar-refractivity contribution in [3.63, 3.8) is 0 Å². The summed E-state index contributed by atoms with van der Waals surface area (Å²) in [6.45, 7) is 4.28. The third-order valence-electron chi connectivity index (χ3n) is 4.20. The van der Waals surface area contributed by atoms with E-state index in [1.54, 1.807) is 11.6 Å². The van der Waals surface area contributed by atoms with E-state index >= 15 is 0 Å². The summed E-state index contributed by atoms with van der Waals surface area (Å²) >= 11 is 0. The zero-order chi connectivity index (χ0) is 18.5. The molecule has 0 aliphatic heterocycles. The lowest BCUT2D eigenvalue weighted by molar-refractivity contribution is 0.0515. The van der Waals surface area contributed by atoms with Crippen LogP contribution in [0.15, 0.2) is 36.4 Å². The Kier molecular flexibility index (Phi) is 5.51. The van der Waals surface area contributed by atoms with Crippen LogP contribution in [0.5, 0.6) is 0 Å². The zero-order valence-corrected chi connectivity index (χ0v) is 15.5. The number of carbonyl (C=O) groups is 1. The molecule has 2 aromatic heterocycles. The maximum Gasteiger partial charge on any atom is 0.357 e. The fourth-order valence-corrected chi connectivity index (χ4v) is 2.84. The summed E-state index contributed by atoms with van der Waals surface area (Å²) in [6, 6.07) is 11.6. The summed E-state index contributed by atoms with van der Waals surface area (Å²) in [7, 11) is 1.84. The number of benzene rings is 1. The molecule has 0 saturated heterocycles. The monoisotopic (exact) mass is 352 g/mol. The van der Waals surface area contributed by atoms with Gasteiger partial charge in [-0.25, -0.2) is 14.5 Å². The third-order valence-corrected chi connectivity index (χ3v) is 4.20. The molecule has 0 bridgehead atoms. The molecule has 136 valence electrons. The van der Waals surface area contributed by atoms with Gasteiger partial charge in [-0.1, -0.05) is 13.3 Å². The van der Waals surface area contributed by atoms with Crippen LogP contribution in [0.2, 0.25) is 0 Å². The SMILES string of the molecule is CCCCc1cc(C(=O)OCC)n(-c2ccc3nc(NC)ccc3c2)n1. The molecule has 0 spiro atoms. The molecule has 0 atom stereocenters. The quantitative estimate of drug-likeness (QED) is 0.651. The molecule has 3 aromatic rings. The second-order valence-electron chi connectivity index (χ2n) is 6.08. The van der Waals surface area contributed by atoms with E-state index in [2.05, 4.69) is 22.3 Å². The van der Waals surface area contributed by atoms with E-state index in [-0.39, 0.29) is 5.97 Å². The molecule has 0 saturated carbocycles. The maximum atomic E-state index is 12.4. The number of hydrogen-bond donors (Lipinski definition) is 1. The third kappa shape index (κ3) is 3.69. The van der Waals surface area contributed by atoms with Gasteiger partial charge in [-0.2, -0.15) is 5.10 Å². The van der Waals surface area contributed by atoms with Gasteiger partial charge in [-0.3, -0.25) is 0 Å². The minimum Gasteiger partial charge on any atom is -0.461 e. The molecule has 0 radical (unpaired) electrons. The van der Waals surface area contributed by atoms with Crippen molar-refractivity contribution in [3.05, 3.63) is 47.8 Å². The van der Waals surface area contributed by atoms with Crippen LogP contribution >= 0.6 is 0 Å². The molecule has 2 heterocycles. The lowest BCUT2D eigenvalue weighted by Crippen LogP contribution is -2.12. The van der Waals surface area contributed by atoms with E-state index in [0.29, 0.717) is 12.3 Å². The van der Waals surface area contributed by atoms with Crippen LogP contribution in [0, 0.1) is 0 Å². The minimum atomic E-state index is -0.355. The van der Waals surface area contributed by atoms with E-state index < -0.39 is 0 Å². The van der Waals surface area contributed by atoms with Crippen LogP contribution in [0.3, 0.4) is 0 Å². The van der Waals surface area contributed by atoms with Crippen molar-refractivity contribution in [3.8, 4) is 5.69 Å². The Labute approximate surface area is 153 Å². The van der Waals surface area contributed by atoms with Crippen molar-refractivity contribution in [2.45, 2.75) is 33.1 Å². The van der Waals surface area contributed by atoms with E-state index in [1.807, 2.05) is 43.4 Å². The highest BCUT2D eigenvalue weighted by Crippen LogP contribution is 2.21. The van der Waals surface area contributed by atoms with Gasteiger partial charge in [-0.15, -0.1) is 0 Å². The molecule has 6 nitrogen and oxygen atoms in total. The van der Waals surface area contributed by atoms with Crippen molar-refractivity contribution in [1.29, 1.82) is 0 Å². The molecular weight excluding hydrogens is 328 g/mol. The number of hydrogen-bond acceptors (Lipinski definition) is 5. The number of rotatable bonds is 7. The van der Waals surface area contributed by atoms with Crippen LogP contribution in [0.1, 0.15) is 42.9 Å². The summed E-state index contributed by atoms with van der Waals surface area (Å²) < 4.78 is 6.88. The number of aryl methyl sites for hydroxylation is 1. The molecule has 0 aliphatic carbocycles. The Morgan fingerprint density at radius 2 is 2.04 bits per heavy atom. The first-order chi connectivity index (χ1) is 12.7. The molecule has 1 aromatic carbocycles. The van der Waals surface area contributed by atoms with E-state index in [1.165, 1.54) is 0 Å². The molecule has 0 amide bonds. The standard InChI is InChI=1S/C20H24N4O2/c1-4-6-7-15-13-18(20(25)26-5-2)24(23-15)16-9-10-17-14(12-16)8-11-19(21-3)22-17/h8-13H,4-7H2,1-3H3,(H,21,22). The Morgan fingerprint density at radius 3 is 2.77 bits per heavy atom. The Hall–Kier alpha value is -2.89. The molecule has 3 rings (SSSR count).